The van der Waals surface area contributed by atoms with Gasteiger partial charge >= 0.3 is 6.01 Å². The van der Waals surface area contributed by atoms with Gasteiger partial charge in [-0.05, 0) is 23.1 Å². The first-order chi connectivity index (χ1) is 14.1. The fourth-order valence-electron chi connectivity index (χ4n) is 3.00. The molecular formula is C21H29F2N5O2. The van der Waals surface area contributed by atoms with Gasteiger partial charge in [0.1, 0.15) is 11.4 Å². The molecule has 1 aliphatic heterocycles. The van der Waals surface area contributed by atoms with Gasteiger partial charge in [0.2, 0.25) is 0 Å². The smallest absolute Gasteiger partial charge is 0.320 e. The average molecular weight is 421 g/mol. The molecule has 9 heteroatoms. The molecule has 0 atom stereocenters. The zero-order chi connectivity index (χ0) is 21.9. The molecule has 164 valence electrons. The number of methoxy groups -OCH3 is 1. The summed E-state index contributed by atoms with van der Waals surface area (Å²) in [5, 5.41) is 3.18. The van der Waals surface area contributed by atoms with Crippen molar-refractivity contribution in [2.75, 3.05) is 42.8 Å². The van der Waals surface area contributed by atoms with Crippen LogP contribution in [0.4, 0.5) is 26.1 Å². The summed E-state index contributed by atoms with van der Waals surface area (Å²) in [5.74, 6) is -1.38. The SMILES string of the molecule is COc1ccc(CNc2nc(OCC(C)(C)C)nc(N3CCC(F)(F)C3)c2N)cc1. The van der Waals surface area contributed by atoms with Gasteiger partial charge in [-0.2, -0.15) is 9.97 Å². The molecule has 2 heterocycles. The molecule has 0 amide bonds. The maximum Gasteiger partial charge on any atom is 0.320 e. The summed E-state index contributed by atoms with van der Waals surface area (Å²) in [6.07, 6.45) is -0.233. The highest BCUT2D eigenvalue weighted by atomic mass is 19.3. The number of ether oxygens (including phenoxy) is 2. The van der Waals surface area contributed by atoms with Gasteiger partial charge in [0.05, 0.1) is 20.3 Å². The zero-order valence-electron chi connectivity index (χ0n) is 17.8. The largest absolute Gasteiger partial charge is 0.497 e. The number of hydrogen-bond acceptors (Lipinski definition) is 7. The van der Waals surface area contributed by atoms with Crippen LogP contribution in [-0.2, 0) is 6.54 Å². The van der Waals surface area contributed by atoms with E-state index in [1.807, 2.05) is 45.0 Å². The van der Waals surface area contributed by atoms with Gasteiger partial charge in [-0.25, -0.2) is 8.78 Å². The number of hydrogen-bond donors (Lipinski definition) is 2. The Bertz CT molecular complexity index is 869. The number of benzene rings is 1. The lowest BCUT2D eigenvalue weighted by atomic mass is 9.99. The van der Waals surface area contributed by atoms with Gasteiger partial charge in [0.15, 0.2) is 11.6 Å². The van der Waals surface area contributed by atoms with Crippen LogP contribution in [0.2, 0.25) is 0 Å². The number of nitrogens with two attached hydrogens (primary N) is 1. The molecule has 0 spiro atoms. The summed E-state index contributed by atoms with van der Waals surface area (Å²) in [6.45, 7) is 6.64. The zero-order valence-corrected chi connectivity index (χ0v) is 17.8. The first-order valence-electron chi connectivity index (χ1n) is 9.86. The van der Waals surface area contributed by atoms with E-state index in [0.29, 0.717) is 19.0 Å². The number of anilines is 3. The molecule has 0 radical (unpaired) electrons. The lowest BCUT2D eigenvalue weighted by Gasteiger charge is -2.23. The quantitative estimate of drug-likeness (QED) is 0.700. The number of aromatic nitrogens is 2. The third-order valence-corrected chi connectivity index (χ3v) is 4.63. The third-order valence-electron chi connectivity index (χ3n) is 4.63. The number of nitrogen functional groups attached to an aromatic ring is 1. The molecule has 3 N–H and O–H groups in total. The van der Waals surface area contributed by atoms with Crippen LogP contribution in [0.25, 0.3) is 0 Å². The summed E-state index contributed by atoms with van der Waals surface area (Å²) in [7, 11) is 1.61. The van der Waals surface area contributed by atoms with Gasteiger partial charge in [-0.15, -0.1) is 0 Å². The van der Waals surface area contributed by atoms with Crippen molar-refractivity contribution in [2.24, 2.45) is 5.41 Å². The van der Waals surface area contributed by atoms with E-state index in [1.54, 1.807) is 7.11 Å². The van der Waals surface area contributed by atoms with Crippen molar-refractivity contribution >= 4 is 17.3 Å². The Hall–Kier alpha value is -2.84. The van der Waals surface area contributed by atoms with E-state index in [2.05, 4.69) is 15.3 Å². The van der Waals surface area contributed by atoms with Gasteiger partial charge in [-0.1, -0.05) is 32.9 Å². The second-order valence-electron chi connectivity index (χ2n) is 8.67. The molecule has 2 aromatic rings. The lowest BCUT2D eigenvalue weighted by molar-refractivity contribution is 0.0256. The second kappa shape index (κ2) is 8.49. The maximum atomic E-state index is 13.8. The van der Waals surface area contributed by atoms with Crippen LogP contribution in [0.15, 0.2) is 24.3 Å². The van der Waals surface area contributed by atoms with E-state index >= 15 is 0 Å². The summed E-state index contributed by atoms with van der Waals surface area (Å²) in [5.41, 5.74) is 7.37. The fraction of sp³-hybridized carbons (Fsp3) is 0.524. The Labute approximate surface area is 175 Å². The van der Waals surface area contributed by atoms with Crippen molar-refractivity contribution in [1.82, 2.24) is 9.97 Å². The Kier molecular flexibility index (Phi) is 6.19. The normalized spacial score (nSPS) is 15.9. The topological polar surface area (TPSA) is 85.5 Å². The Morgan fingerprint density at radius 1 is 1.20 bits per heavy atom. The second-order valence-corrected chi connectivity index (χ2v) is 8.67. The summed E-state index contributed by atoms with van der Waals surface area (Å²) in [6, 6.07) is 7.66. The Morgan fingerprint density at radius 3 is 2.47 bits per heavy atom. The van der Waals surface area contributed by atoms with E-state index in [0.717, 1.165) is 11.3 Å². The number of alkyl halides is 2. The minimum absolute atomic E-state index is 0.109. The molecule has 1 aromatic carbocycles. The van der Waals surface area contributed by atoms with Gasteiger partial charge in [-0.3, -0.25) is 0 Å². The Balaban J connectivity index is 1.84. The molecule has 1 aliphatic rings. The van der Waals surface area contributed by atoms with Crippen LogP contribution in [0, 0.1) is 5.41 Å². The summed E-state index contributed by atoms with van der Waals surface area (Å²) < 4.78 is 38.4. The van der Waals surface area contributed by atoms with E-state index in [9.17, 15) is 8.78 Å². The molecule has 0 bridgehead atoms. The van der Waals surface area contributed by atoms with E-state index < -0.39 is 12.5 Å². The summed E-state index contributed by atoms with van der Waals surface area (Å²) in [4.78, 5) is 10.2. The number of rotatable bonds is 7. The van der Waals surface area contributed by atoms with Gasteiger partial charge in [0.25, 0.3) is 5.92 Å². The predicted molar refractivity (Wildman–Crippen MR) is 113 cm³/mol. The van der Waals surface area contributed by atoms with Crippen LogP contribution in [-0.4, -0.2) is 42.7 Å². The van der Waals surface area contributed by atoms with E-state index in [1.165, 1.54) is 4.90 Å². The minimum Gasteiger partial charge on any atom is -0.497 e. The van der Waals surface area contributed by atoms with Crippen molar-refractivity contribution in [3.8, 4) is 11.8 Å². The van der Waals surface area contributed by atoms with Crippen LogP contribution in [0.1, 0.15) is 32.8 Å². The van der Waals surface area contributed by atoms with Crippen LogP contribution in [0.5, 0.6) is 11.8 Å². The number of nitrogens with one attached hydrogen (secondary N) is 1. The van der Waals surface area contributed by atoms with Gasteiger partial charge < -0.3 is 25.4 Å². The van der Waals surface area contributed by atoms with Crippen molar-refractivity contribution < 1.29 is 18.3 Å². The third kappa shape index (κ3) is 5.61. The average Bonchev–Trinajstić information content (AvgIpc) is 3.05. The molecule has 3 rings (SSSR count). The predicted octanol–water partition coefficient (Wildman–Crippen LogP) is 3.95. The highest BCUT2D eigenvalue weighted by molar-refractivity contribution is 5.76. The van der Waals surface area contributed by atoms with Crippen molar-refractivity contribution in [3.63, 3.8) is 0 Å². The van der Waals surface area contributed by atoms with Crippen molar-refractivity contribution in [3.05, 3.63) is 29.8 Å². The van der Waals surface area contributed by atoms with E-state index in [4.69, 9.17) is 15.2 Å². The first-order valence-corrected chi connectivity index (χ1v) is 9.86. The summed E-state index contributed by atoms with van der Waals surface area (Å²) >= 11 is 0. The molecule has 1 fully saturated rings. The molecule has 7 nitrogen and oxygen atoms in total. The van der Waals surface area contributed by atoms with Crippen molar-refractivity contribution in [1.29, 1.82) is 0 Å². The lowest BCUT2D eigenvalue weighted by Crippen LogP contribution is -2.27. The minimum atomic E-state index is -2.76. The Morgan fingerprint density at radius 2 is 1.90 bits per heavy atom. The van der Waals surface area contributed by atoms with Gasteiger partial charge in [0, 0.05) is 19.5 Å². The molecule has 1 saturated heterocycles. The molecule has 30 heavy (non-hydrogen) atoms. The molecule has 0 unspecified atom stereocenters. The maximum absolute atomic E-state index is 13.8. The first kappa shape index (κ1) is 21.9. The number of halogens is 2. The molecule has 1 aromatic heterocycles. The highest BCUT2D eigenvalue weighted by Crippen LogP contribution is 2.36. The van der Waals surface area contributed by atoms with E-state index in [-0.39, 0.29) is 35.9 Å². The fourth-order valence-corrected chi connectivity index (χ4v) is 3.00. The standard InChI is InChI=1S/C21H29F2N5O2/c1-20(2,3)13-30-19-26-17(25-11-14-5-7-15(29-4)8-6-14)16(24)18(27-19)28-10-9-21(22,23)12-28/h5-8H,9-13,24H2,1-4H3,(H,25,26,27). The van der Waals surface area contributed by atoms with Crippen molar-refractivity contribution in [2.45, 2.75) is 39.7 Å². The van der Waals surface area contributed by atoms with Crippen LogP contribution < -0.4 is 25.4 Å². The highest BCUT2D eigenvalue weighted by Gasteiger charge is 2.40. The monoisotopic (exact) mass is 421 g/mol. The van der Waals surface area contributed by atoms with Crippen LogP contribution in [0.3, 0.4) is 0 Å². The molecule has 0 saturated carbocycles. The molecule has 0 aliphatic carbocycles. The molecular weight excluding hydrogens is 392 g/mol. The van der Waals surface area contributed by atoms with Crippen LogP contribution >= 0.6 is 0 Å². The number of nitrogens with zero attached hydrogens (tertiary/aromatic N) is 3.